The largest absolute Gasteiger partial charge is 0.400 e. The third-order valence-corrected chi connectivity index (χ3v) is 3.22. The Labute approximate surface area is 97.3 Å². The van der Waals surface area contributed by atoms with Crippen LogP contribution in [0.5, 0.6) is 0 Å². The molecule has 0 aromatic heterocycles. The molecule has 0 radical (unpaired) electrons. The van der Waals surface area contributed by atoms with Crippen LogP contribution in [0.4, 0.5) is 0 Å². The summed E-state index contributed by atoms with van der Waals surface area (Å²) in [6.07, 6.45) is 5.89. The molecule has 0 unspecified atom stereocenters. The van der Waals surface area contributed by atoms with Crippen LogP contribution >= 0.6 is 24.0 Å². The van der Waals surface area contributed by atoms with Crippen LogP contribution in [0.15, 0.2) is 22.9 Å². The van der Waals surface area contributed by atoms with E-state index >= 15 is 0 Å². The van der Waals surface area contributed by atoms with Crippen molar-refractivity contribution in [2.24, 2.45) is 0 Å². The first-order valence-corrected chi connectivity index (χ1v) is 5.73. The van der Waals surface area contributed by atoms with E-state index in [-0.39, 0.29) is 44.3 Å². The van der Waals surface area contributed by atoms with Gasteiger partial charge in [-0.25, -0.2) is 3.70 Å². The first-order valence-electron chi connectivity index (χ1n) is 4.02. The molecule has 0 aliphatic heterocycles. The van der Waals surface area contributed by atoms with E-state index in [0.717, 1.165) is 0 Å². The Morgan fingerprint density at radius 2 is 2.09 bits per heavy atom. The van der Waals surface area contributed by atoms with Gasteiger partial charge in [-0.05, 0) is 6.42 Å². The average molecular weight is 276 g/mol. The van der Waals surface area contributed by atoms with Crippen LogP contribution in [-0.2, 0) is 0 Å². The number of hydrogen-bond acceptors (Lipinski definition) is 0. The van der Waals surface area contributed by atoms with Gasteiger partial charge in [-0.2, -0.15) is 0 Å². The number of rotatable bonds is 6. The third-order valence-electron chi connectivity index (χ3n) is 1.51. The molecule has 0 bridgehead atoms. The maximum absolute atomic E-state index is 3.91. The van der Waals surface area contributed by atoms with Crippen LogP contribution < -0.4 is 0 Å². The second-order valence-corrected chi connectivity index (χ2v) is 5.26. The molecule has 0 fully saturated rings. The van der Waals surface area contributed by atoms with Gasteiger partial charge in [-0.15, -0.1) is 41.7 Å². The van der Waals surface area contributed by atoms with Gasteiger partial charge in [0.15, 0.2) is 0 Å². The first-order chi connectivity index (χ1) is 4.77. The summed E-state index contributed by atoms with van der Waals surface area (Å²) in [6, 6.07) is 0. The molecule has 0 spiro atoms. The SMILES string of the molecule is C=CCCC[CH2][Mg][C](=C)C.I. The van der Waals surface area contributed by atoms with Crippen LogP contribution in [0.2, 0.25) is 4.55 Å². The highest BCUT2D eigenvalue weighted by Crippen LogP contribution is 2.01. The summed E-state index contributed by atoms with van der Waals surface area (Å²) in [7, 11) is 0. The van der Waals surface area contributed by atoms with Gasteiger partial charge in [0.05, 0.1) is 0 Å². The zero-order chi connectivity index (χ0) is 7.82. The molecule has 0 nitrogen and oxygen atoms in total. The normalized spacial score (nSPS) is 7.73. The number of halogens is 1. The monoisotopic (exact) mass is 276 g/mol. The lowest BCUT2D eigenvalue weighted by Crippen LogP contribution is -1.89. The van der Waals surface area contributed by atoms with Crippen molar-refractivity contribution in [1.82, 2.24) is 0 Å². The first kappa shape index (κ1) is 14.5. The van der Waals surface area contributed by atoms with Crippen molar-refractivity contribution in [1.29, 1.82) is 0 Å². The molecule has 0 aliphatic carbocycles. The van der Waals surface area contributed by atoms with Crippen molar-refractivity contribution in [2.75, 3.05) is 0 Å². The molecule has 0 saturated heterocycles. The van der Waals surface area contributed by atoms with E-state index in [2.05, 4.69) is 20.1 Å². The van der Waals surface area contributed by atoms with Gasteiger partial charge in [0.2, 0.25) is 0 Å². The standard InChI is InChI=1S/C6H11.C3H5.HI.Mg/c1-3-5-6-4-2;1-3-2;;/h3H,1-2,4-6H2;1H2,2H3;1H;. The molecule has 0 aromatic rings. The zero-order valence-electron chi connectivity index (χ0n) is 7.44. The number of hydrogen-bond donors (Lipinski definition) is 0. The minimum atomic E-state index is 0. The lowest BCUT2D eigenvalue weighted by Gasteiger charge is -1.95. The maximum Gasteiger partial charge on any atom is 0.400 e. The van der Waals surface area contributed by atoms with Gasteiger partial charge in [0.1, 0.15) is 0 Å². The van der Waals surface area contributed by atoms with Crippen molar-refractivity contribution < 1.29 is 0 Å². The Hall–Kier alpha value is 0.976. The maximum atomic E-state index is 3.91. The van der Waals surface area contributed by atoms with Gasteiger partial charge >= 0.3 is 20.4 Å². The summed E-state index contributed by atoms with van der Waals surface area (Å²) >= 11 is 0.0894. The van der Waals surface area contributed by atoms with Gasteiger partial charge in [-0.3, -0.25) is 0 Å². The fraction of sp³-hybridized carbons (Fsp3) is 0.556. The zero-order valence-corrected chi connectivity index (χ0v) is 11.2. The highest BCUT2D eigenvalue weighted by molar-refractivity contribution is 14.0. The Morgan fingerprint density at radius 1 is 1.45 bits per heavy atom. The topological polar surface area (TPSA) is 0 Å². The predicted octanol–water partition coefficient (Wildman–Crippen LogP) is 3.62. The summed E-state index contributed by atoms with van der Waals surface area (Å²) in [4.78, 5) is 0. The Bertz CT molecular complexity index is 110. The van der Waals surface area contributed by atoms with E-state index in [1.807, 2.05) is 6.08 Å². The fourth-order valence-electron chi connectivity index (χ4n) is 0.892. The predicted molar refractivity (Wildman–Crippen MR) is 64.8 cm³/mol. The van der Waals surface area contributed by atoms with E-state index in [9.17, 15) is 0 Å². The number of unbranched alkanes of at least 4 members (excludes halogenated alkanes) is 2. The van der Waals surface area contributed by atoms with E-state index in [0.29, 0.717) is 0 Å². The molecule has 0 heterocycles. The van der Waals surface area contributed by atoms with Crippen LogP contribution in [0.1, 0.15) is 26.2 Å². The van der Waals surface area contributed by atoms with Gasteiger partial charge in [0.25, 0.3) is 0 Å². The molecule has 0 amide bonds. The van der Waals surface area contributed by atoms with Crippen LogP contribution in [0.25, 0.3) is 0 Å². The third kappa shape index (κ3) is 13.9. The van der Waals surface area contributed by atoms with Crippen molar-refractivity contribution in [3.63, 3.8) is 0 Å². The molecular weight excluding hydrogens is 259 g/mol. The summed E-state index contributed by atoms with van der Waals surface area (Å²) in [5.41, 5.74) is 0. The second-order valence-electron chi connectivity index (χ2n) is 2.85. The Morgan fingerprint density at radius 3 is 2.55 bits per heavy atom. The quantitative estimate of drug-likeness (QED) is 0.301. The van der Waals surface area contributed by atoms with Crippen molar-refractivity contribution in [3.05, 3.63) is 22.9 Å². The van der Waals surface area contributed by atoms with Gasteiger partial charge in [0, 0.05) is 0 Å². The van der Waals surface area contributed by atoms with Gasteiger partial charge in [-0.1, -0.05) is 25.8 Å². The smallest absolute Gasteiger partial charge is 0.204 e. The minimum Gasteiger partial charge on any atom is -0.204 e. The minimum absolute atomic E-state index is 0. The van der Waals surface area contributed by atoms with E-state index < -0.39 is 0 Å². The van der Waals surface area contributed by atoms with E-state index in [1.165, 1.54) is 27.5 Å². The summed E-state index contributed by atoms with van der Waals surface area (Å²) in [5.74, 6) is 0. The molecule has 2 heteroatoms. The molecule has 11 heavy (non-hydrogen) atoms. The summed E-state index contributed by atoms with van der Waals surface area (Å²) < 4.78 is 2.88. The molecule has 0 aliphatic rings. The molecule has 0 rings (SSSR count). The lowest BCUT2D eigenvalue weighted by atomic mass is 10.2. The van der Waals surface area contributed by atoms with Crippen LogP contribution in [0, 0.1) is 0 Å². The second kappa shape index (κ2) is 11.0. The van der Waals surface area contributed by atoms with Crippen molar-refractivity contribution in [2.45, 2.75) is 30.7 Å². The van der Waals surface area contributed by atoms with Crippen molar-refractivity contribution in [3.8, 4) is 0 Å². The molecule has 0 aromatic carbocycles. The Balaban J connectivity index is 0. The molecule has 62 valence electrons. The molecule has 0 saturated carbocycles. The molecule has 0 N–H and O–H groups in total. The molecular formula is C9H17IMg. The van der Waals surface area contributed by atoms with E-state index in [1.54, 1.807) is 0 Å². The fourth-order valence-corrected chi connectivity index (χ4v) is 2.10. The van der Waals surface area contributed by atoms with Gasteiger partial charge < -0.3 is 0 Å². The van der Waals surface area contributed by atoms with Crippen LogP contribution in [0.3, 0.4) is 0 Å². The number of allylic oxidation sites excluding steroid dienone is 2. The lowest BCUT2D eigenvalue weighted by molar-refractivity contribution is 0.812. The summed E-state index contributed by atoms with van der Waals surface area (Å²) in [5, 5.41) is 0. The Kier molecular flexibility index (Phi) is 14.5. The highest BCUT2D eigenvalue weighted by atomic mass is 127. The molecule has 0 atom stereocenters. The van der Waals surface area contributed by atoms with Crippen LogP contribution in [-0.4, -0.2) is 20.4 Å². The highest BCUT2D eigenvalue weighted by Gasteiger charge is 1.93. The average Bonchev–Trinajstić information content (AvgIpc) is 1.87. The van der Waals surface area contributed by atoms with E-state index in [4.69, 9.17) is 0 Å². The van der Waals surface area contributed by atoms with Crippen molar-refractivity contribution >= 4 is 44.3 Å². The summed E-state index contributed by atoms with van der Waals surface area (Å²) in [6.45, 7) is 9.75.